The number of hydrogen-bond donors (Lipinski definition) is 2. The lowest BCUT2D eigenvalue weighted by Gasteiger charge is -2.09. The molecule has 3 rings (SSSR count). The van der Waals surface area contributed by atoms with Crippen LogP contribution in [0, 0.1) is 11.3 Å². The van der Waals surface area contributed by atoms with Gasteiger partial charge in [0.1, 0.15) is 0 Å². The number of aromatic nitrogens is 2. The molecule has 3 aromatic rings. The van der Waals surface area contributed by atoms with Gasteiger partial charge in [-0.2, -0.15) is 5.26 Å². The van der Waals surface area contributed by atoms with E-state index in [2.05, 4.69) is 26.3 Å². The Hall–Kier alpha value is -3.44. The molecule has 2 aromatic carbocycles. The number of sulfonamides is 1. The van der Waals surface area contributed by atoms with E-state index in [9.17, 15) is 8.42 Å². The molecule has 0 spiro atoms. The number of rotatable bonds is 6. The molecule has 0 fully saturated rings. The van der Waals surface area contributed by atoms with Gasteiger partial charge >= 0.3 is 0 Å². The lowest BCUT2D eigenvalue weighted by atomic mass is 10.2. The first-order chi connectivity index (χ1) is 13.0. The molecule has 0 radical (unpaired) electrons. The second-order valence-electron chi connectivity index (χ2n) is 5.72. The van der Waals surface area contributed by atoms with E-state index in [0.717, 1.165) is 12.0 Å². The van der Waals surface area contributed by atoms with Gasteiger partial charge in [0, 0.05) is 5.69 Å². The number of nitrogens with zero attached hydrogens (tertiary/aromatic N) is 3. The normalized spacial score (nSPS) is 10.8. The topological polar surface area (TPSA) is 108 Å². The predicted molar refractivity (Wildman–Crippen MR) is 103 cm³/mol. The van der Waals surface area contributed by atoms with E-state index >= 15 is 0 Å². The minimum Gasteiger partial charge on any atom is -0.339 e. The van der Waals surface area contributed by atoms with E-state index in [1.54, 1.807) is 54.6 Å². The minimum absolute atomic E-state index is 0.117. The molecule has 8 heteroatoms. The van der Waals surface area contributed by atoms with Crippen LogP contribution in [0.25, 0.3) is 0 Å². The summed E-state index contributed by atoms with van der Waals surface area (Å²) in [6, 6.07) is 18.8. The number of aryl methyl sites for hydroxylation is 1. The molecule has 0 unspecified atom stereocenters. The van der Waals surface area contributed by atoms with E-state index in [4.69, 9.17) is 5.26 Å². The summed E-state index contributed by atoms with van der Waals surface area (Å²) in [6.45, 7) is 2.00. The summed E-state index contributed by atoms with van der Waals surface area (Å²) >= 11 is 0. The van der Waals surface area contributed by atoms with Gasteiger partial charge in [0.15, 0.2) is 11.6 Å². The van der Waals surface area contributed by atoms with Crippen molar-refractivity contribution in [1.29, 1.82) is 5.26 Å². The molecule has 7 nitrogen and oxygen atoms in total. The lowest BCUT2D eigenvalue weighted by Crippen LogP contribution is -2.14. The molecule has 2 N–H and O–H groups in total. The summed E-state index contributed by atoms with van der Waals surface area (Å²) in [4.78, 5) is 0.164. The van der Waals surface area contributed by atoms with Gasteiger partial charge in [-0.15, -0.1) is 10.2 Å². The van der Waals surface area contributed by atoms with Gasteiger partial charge in [0.25, 0.3) is 10.0 Å². The summed E-state index contributed by atoms with van der Waals surface area (Å²) in [5.74, 6) is 0.547. The van der Waals surface area contributed by atoms with Crippen LogP contribution in [0.1, 0.15) is 18.1 Å². The molecule has 136 valence electrons. The maximum Gasteiger partial charge on any atom is 0.263 e. The van der Waals surface area contributed by atoms with Crippen LogP contribution in [0.15, 0.2) is 65.6 Å². The van der Waals surface area contributed by atoms with Crippen molar-refractivity contribution in [3.8, 4) is 6.07 Å². The van der Waals surface area contributed by atoms with Crippen molar-refractivity contribution in [2.75, 3.05) is 10.0 Å². The van der Waals surface area contributed by atoms with Gasteiger partial charge in [-0.1, -0.05) is 25.1 Å². The van der Waals surface area contributed by atoms with Gasteiger partial charge in [0.2, 0.25) is 0 Å². The highest BCUT2D eigenvalue weighted by atomic mass is 32.2. The number of anilines is 3. The third-order valence-corrected chi connectivity index (χ3v) is 5.18. The average Bonchev–Trinajstić information content (AvgIpc) is 2.69. The first kappa shape index (κ1) is 18.4. The molecule has 0 atom stereocenters. The summed E-state index contributed by atoms with van der Waals surface area (Å²) in [7, 11) is -3.73. The van der Waals surface area contributed by atoms with E-state index in [1.807, 2.05) is 6.92 Å². The third-order valence-electron chi connectivity index (χ3n) is 3.81. The van der Waals surface area contributed by atoms with E-state index in [0.29, 0.717) is 17.1 Å². The Balaban J connectivity index is 1.72. The predicted octanol–water partition coefficient (Wildman–Crippen LogP) is 3.46. The Morgan fingerprint density at radius 1 is 1.00 bits per heavy atom. The Labute approximate surface area is 157 Å². The highest BCUT2D eigenvalue weighted by Gasteiger charge is 2.15. The van der Waals surface area contributed by atoms with Crippen LogP contribution >= 0.6 is 0 Å². The van der Waals surface area contributed by atoms with Crippen LogP contribution in [0.3, 0.4) is 0 Å². The van der Waals surface area contributed by atoms with E-state index < -0.39 is 10.0 Å². The molecule has 0 saturated carbocycles. The average molecular weight is 379 g/mol. The molecule has 0 aliphatic heterocycles. The fourth-order valence-electron chi connectivity index (χ4n) is 2.37. The van der Waals surface area contributed by atoms with Gasteiger partial charge in [-0.05, 0) is 54.4 Å². The Morgan fingerprint density at radius 2 is 1.70 bits per heavy atom. The Kier molecular flexibility index (Phi) is 5.33. The Morgan fingerprint density at radius 3 is 2.33 bits per heavy atom. The van der Waals surface area contributed by atoms with Crippen LogP contribution in [-0.4, -0.2) is 18.6 Å². The number of benzene rings is 2. The lowest BCUT2D eigenvalue weighted by molar-refractivity contribution is 0.601. The Bertz CT molecular complexity index is 1070. The molecule has 1 aromatic heterocycles. The van der Waals surface area contributed by atoms with Gasteiger partial charge in [0.05, 0.1) is 16.5 Å². The van der Waals surface area contributed by atoms with Gasteiger partial charge in [-0.3, -0.25) is 4.72 Å². The summed E-state index contributed by atoms with van der Waals surface area (Å²) in [5.41, 5.74) is 2.27. The maximum absolute atomic E-state index is 12.4. The molecule has 27 heavy (non-hydrogen) atoms. The van der Waals surface area contributed by atoms with Crippen molar-refractivity contribution >= 4 is 27.3 Å². The monoisotopic (exact) mass is 379 g/mol. The van der Waals surface area contributed by atoms with Gasteiger partial charge < -0.3 is 5.32 Å². The molecule has 0 bridgehead atoms. The smallest absolute Gasteiger partial charge is 0.263 e. The van der Waals surface area contributed by atoms with Crippen molar-refractivity contribution in [1.82, 2.24) is 10.2 Å². The standard InChI is InChI=1S/C19H17N5O2S/c1-2-14-6-8-17(9-7-14)27(25,26)24-19-11-10-18(22-23-19)21-16-5-3-4-15(12-16)13-20/h3-12H,2H2,1H3,(H,21,22)(H,23,24). The van der Waals surface area contributed by atoms with Crippen LogP contribution in [0.5, 0.6) is 0 Å². The highest BCUT2D eigenvalue weighted by molar-refractivity contribution is 7.92. The van der Waals surface area contributed by atoms with Crippen LogP contribution in [-0.2, 0) is 16.4 Å². The van der Waals surface area contributed by atoms with E-state index in [1.165, 1.54) is 6.07 Å². The van der Waals surface area contributed by atoms with Gasteiger partial charge in [-0.25, -0.2) is 8.42 Å². The number of hydrogen-bond acceptors (Lipinski definition) is 6. The summed E-state index contributed by atoms with van der Waals surface area (Å²) in [5, 5.41) is 19.8. The summed E-state index contributed by atoms with van der Waals surface area (Å²) in [6.07, 6.45) is 0.838. The number of nitriles is 1. The highest BCUT2D eigenvalue weighted by Crippen LogP contribution is 2.18. The van der Waals surface area contributed by atoms with Crippen LogP contribution in [0.4, 0.5) is 17.3 Å². The SMILES string of the molecule is CCc1ccc(S(=O)(=O)Nc2ccc(Nc3cccc(C#N)c3)nn2)cc1. The second-order valence-corrected chi connectivity index (χ2v) is 7.41. The fraction of sp³-hybridized carbons (Fsp3) is 0.105. The zero-order valence-corrected chi connectivity index (χ0v) is 15.4. The quantitative estimate of drug-likeness (QED) is 0.679. The molecule has 0 aliphatic rings. The molecule has 0 aliphatic carbocycles. The zero-order valence-electron chi connectivity index (χ0n) is 14.5. The maximum atomic E-state index is 12.4. The van der Waals surface area contributed by atoms with Crippen molar-refractivity contribution < 1.29 is 8.42 Å². The zero-order chi connectivity index (χ0) is 19.3. The molecule has 1 heterocycles. The van der Waals surface area contributed by atoms with Crippen molar-refractivity contribution in [3.05, 3.63) is 71.8 Å². The molecule has 0 saturated heterocycles. The van der Waals surface area contributed by atoms with Crippen molar-refractivity contribution in [2.45, 2.75) is 18.2 Å². The first-order valence-electron chi connectivity index (χ1n) is 8.23. The van der Waals surface area contributed by atoms with E-state index in [-0.39, 0.29) is 10.7 Å². The second kappa shape index (κ2) is 7.85. The first-order valence-corrected chi connectivity index (χ1v) is 9.71. The van der Waals surface area contributed by atoms with Crippen molar-refractivity contribution in [2.24, 2.45) is 0 Å². The van der Waals surface area contributed by atoms with Crippen LogP contribution < -0.4 is 10.0 Å². The molecular weight excluding hydrogens is 362 g/mol. The molecular formula is C19H17N5O2S. The summed E-state index contributed by atoms with van der Waals surface area (Å²) < 4.78 is 27.3. The molecule has 0 amide bonds. The van der Waals surface area contributed by atoms with Crippen LogP contribution in [0.2, 0.25) is 0 Å². The third kappa shape index (κ3) is 4.59. The number of nitrogens with one attached hydrogen (secondary N) is 2. The fourth-order valence-corrected chi connectivity index (χ4v) is 3.37. The largest absolute Gasteiger partial charge is 0.339 e. The van der Waals surface area contributed by atoms with Crippen molar-refractivity contribution in [3.63, 3.8) is 0 Å². The minimum atomic E-state index is -3.73.